The molecule has 1 N–H and O–H groups in total. The fraction of sp³-hybridized carbons (Fsp3) is 0.391. The van der Waals surface area contributed by atoms with Gasteiger partial charge in [0.15, 0.2) is 0 Å². The first-order chi connectivity index (χ1) is 15.0. The van der Waals surface area contributed by atoms with E-state index in [1.807, 2.05) is 28.2 Å². The van der Waals surface area contributed by atoms with Gasteiger partial charge in [0.1, 0.15) is 5.71 Å². The molecular formula is C23H26BrCl3N4O. The van der Waals surface area contributed by atoms with E-state index in [2.05, 4.69) is 40.4 Å². The molecule has 2 unspecified atom stereocenters. The molecular weight excluding hydrogens is 535 g/mol. The molecule has 172 valence electrons. The number of hydrazone groups is 1. The van der Waals surface area contributed by atoms with Crippen LogP contribution in [-0.4, -0.2) is 29.7 Å². The van der Waals surface area contributed by atoms with Crippen LogP contribution < -0.4 is 10.4 Å². The predicted octanol–water partition coefficient (Wildman–Crippen LogP) is 6.64. The van der Waals surface area contributed by atoms with Crippen LogP contribution in [0.25, 0.3) is 0 Å². The van der Waals surface area contributed by atoms with Gasteiger partial charge in [-0.15, -0.1) is 12.4 Å². The first kappa shape index (κ1) is 25.3. The minimum Gasteiger partial charge on any atom is -0.284 e. The average molecular weight is 561 g/mol. The van der Waals surface area contributed by atoms with Crippen LogP contribution in [0.2, 0.25) is 10.0 Å². The van der Waals surface area contributed by atoms with Gasteiger partial charge in [-0.2, -0.15) is 5.10 Å². The largest absolute Gasteiger partial charge is 0.284 e. The number of amides is 1. The quantitative estimate of drug-likeness (QED) is 0.446. The lowest BCUT2D eigenvalue weighted by atomic mass is 9.87. The van der Waals surface area contributed by atoms with Crippen LogP contribution in [0, 0.1) is 5.92 Å². The lowest BCUT2D eigenvalue weighted by Gasteiger charge is -2.29. The molecule has 2 heterocycles. The highest BCUT2D eigenvalue weighted by Crippen LogP contribution is 2.43. The number of piperidine rings is 1. The molecule has 9 heteroatoms. The predicted molar refractivity (Wildman–Crippen MR) is 138 cm³/mol. The fourth-order valence-electron chi connectivity index (χ4n) is 4.31. The third kappa shape index (κ3) is 5.42. The summed E-state index contributed by atoms with van der Waals surface area (Å²) in [4.78, 5) is 13.3. The number of nitrogens with one attached hydrogen (secondary N) is 1. The number of hydrazine groups is 1. The molecule has 2 atom stereocenters. The van der Waals surface area contributed by atoms with Crippen molar-refractivity contribution in [3.05, 3.63) is 62.5 Å². The van der Waals surface area contributed by atoms with E-state index in [0.717, 1.165) is 48.1 Å². The van der Waals surface area contributed by atoms with Gasteiger partial charge in [0.2, 0.25) is 0 Å². The third-order valence-electron chi connectivity index (χ3n) is 5.87. The molecule has 0 aromatic heterocycles. The number of anilines is 1. The second-order valence-electron chi connectivity index (χ2n) is 7.93. The first-order valence-electron chi connectivity index (χ1n) is 10.6. The fourth-order valence-corrected chi connectivity index (χ4v) is 5.07. The first-order valence-corrected chi connectivity index (χ1v) is 12.2. The number of benzene rings is 2. The van der Waals surface area contributed by atoms with Gasteiger partial charge in [0.25, 0.3) is 5.91 Å². The van der Waals surface area contributed by atoms with Gasteiger partial charge in [-0.05, 0) is 55.2 Å². The van der Waals surface area contributed by atoms with Crippen LogP contribution in [0.4, 0.5) is 5.69 Å². The molecule has 0 aliphatic carbocycles. The summed E-state index contributed by atoms with van der Waals surface area (Å²) in [7, 11) is 0. The maximum atomic E-state index is 13.3. The van der Waals surface area contributed by atoms with Crippen molar-refractivity contribution in [1.82, 2.24) is 10.4 Å². The van der Waals surface area contributed by atoms with Crippen molar-refractivity contribution >= 4 is 68.8 Å². The van der Waals surface area contributed by atoms with Crippen LogP contribution >= 0.6 is 51.5 Å². The Morgan fingerprint density at radius 3 is 2.44 bits per heavy atom. The molecule has 1 fully saturated rings. The Bertz CT molecular complexity index is 980. The van der Waals surface area contributed by atoms with Crippen molar-refractivity contribution in [3.8, 4) is 0 Å². The van der Waals surface area contributed by atoms with E-state index in [9.17, 15) is 4.79 Å². The summed E-state index contributed by atoms with van der Waals surface area (Å²) in [5.74, 6) is -0.207. The summed E-state index contributed by atoms with van der Waals surface area (Å²) in [6.45, 7) is 3.84. The molecule has 1 amide bonds. The van der Waals surface area contributed by atoms with Crippen molar-refractivity contribution in [1.29, 1.82) is 0 Å². The number of carbonyl (C=O) groups is 1. The zero-order chi connectivity index (χ0) is 22.0. The molecule has 2 aromatic carbocycles. The van der Waals surface area contributed by atoms with E-state index in [4.69, 9.17) is 28.3 Å². The van der Waals surface area contributed by atoms with E-state index < -0.39 is 0 Å². The normalized spacial score (nSPS) is 21.1. The zero-order valence-electron chi connectivity index (χ0n) is 17.7. The van der Waals surface area contributed by atoms with Crippen molar-refractivity contribution in [2.45, 2.75) is 38.6 Å². The summed E-state index contributed by atoms with van der Waals surface area (Å²) >= 11 is 16.2. The number of hydrogen-bond acceptors (Lipinski definition) is 4. The molecule has 0 radical (unpaired) electrons. The number of nitrogens with zero attached hydrogens (tertiary/aromatic N) is 3. The molecule has 0 saturated carbocycles. The van der Waals surface area contributed by atoms with Crippen molar-refractivity contribution in [2.24, 2.45) is 11.0 Å². The summed E-state index contributed by atoms with van der Waals surface area (Å²) in [6.07, 6.45) is 4.17. The molecule has 1 saturated heterocycles. The van der Waals surface area contributed by atoms with Crippen molar-refractivity contribution in [3.63, 3.8) is 0 Å². The molecule has 5 nitrogen and oxygen atoms in total. The zero-order valence-corrected chi connectivity index (χ0v) is 21.6. The summed E-state index contributed by atoms with van der Waals surface area (Å²) in [5.41, 5.74) is 5.42. The molecule has 4 rings (SSSR count). The number of hydrogen-bond donors (Lipinski definition) is 1. The highest BCUT2D eigenvalue weighted by molar-refractivity contribution is 9.10. The van der Waals surface area contributed by atoms with Gasteiger partial charge in [-0.25, -0.2) is 5.01 Å². The van der Waals surface area contributed by atoms with Gasteiger partial charge in [-0.1, -0.05) is 64.6 Å². The maximum Gasteiger partial charge on any atom is 0.282 e. The smallest absolute Gasteiger partial charge is 0.282 e. The van der Waals surface area contributed by atoms with Crippen LogP contribution in [-0.2, 0) is 4.79 Å². The Hall–Kier alpha value is -1.31. The van der Waals surface area contributed by atoms with Gasteiger partial charge in [0.05, 0.1) is 16.8 Å². The van der Waals surface area contributed by atoms with Gasteiger partial charge >= 0.3 is 0 Å². The van der Waals surface area contributed by atoms with E-state index in [1.54, 1.807) is 12.1 Å². The lowest BCUT2D eigenvalue weighted by molar-refractivity contribution is -0.120. The summed E-state index contributed by atoms with van der Waals surface area (Å²) in [5, 5.41) is 9.77. The number of rotatable bonds is 5. The van der Waals surface area contributed by atoms with E-state index >= 15 is 0 Å². The maximum absolute atomic E-state index is 13.3. The standard InChI is InChI=1S/C23H25BrCl2N4O.ClH/c1-2-18-21(23(31)28-29-12-4-3-5-13-29)27-30(20-11-10-17(25)14-19(20)26)22(18)15-6-8-16(24)9-7-15;/h6-11,14,18,22H,2-5,12-13H2,1H3,(H,28,31);1H. The topological polar surface area (TPSA) is 47.9 Å². The highest BCUT2D eigenvalue weighted by Gasteiger charge is 2.42. The Morgan fingerprint density at radius 1 is 1.12 bits per heavy atom. The molecule has 2 aromatic rings. The summed E-state index contributed by atoms with van der Waals surface area (Å²) in [6, 6.07) is 13.4. The Morgan fingerprint density at radius 2 is 1.81 bits per heavy atom. The van der Waals surface area contributed by atoms with Gasteiger partial charge in [-0.3, -0.25) is 15.2 Å². The summed E-state index contributed by atoms with van der Waals surface area (Å²) < 4.78 is 1.00. The minimum atomic E-state index is -0.140. The molecule has 2 aliphatic heterocycles. The molecule has 0 bridgehead atoms. The molecule has 32 heavy (non-hydrogen) atoms. The molecule has 2 aliphatic rings. The minimum absolute atomic E-state index is 0. The Balaban J connectivity index is 0.00000289. The van der Waals surface area contributed by atoms with Crippen LogP contribution in [0.5, 0.6) is 0 Å². The van der Waals surface area contributed by atoms with E-state index in [-0.39, 0.29) is 30.3 Å². The highest BCUT2D eigenvalue weighted by atomic mass is 79.9. The van der Waals surface area contributed by atoms with Crippen LogP contribution in [0.3, 0.4) is 0 Å². The van der Waals surface area contributed by atoms with E-state index in [0.29, 0.717) is 15.8 Å². The van der Waals surface area contributed by atoms with Crippen molar-refractivity contribution in [2.75, 3.05) is 18.1 Å². The third-order valence-corrected chi connectivity index (χ3v) is 6.93. The van der Waals surface area contributed by atoms with Crippen LogP contribution in [0.15, 0.2) is 52.0 Å². The lowest BCUT2D eigenvalue weighted by Crippen LogP contribution is -2.48. The van der Waals surface area contributed by atoms with Gasteiger partial charge < -0.3 is 0 Å². The van der Waals surface area contributed by atoms with Crippen molar-refractivity contribution < 1.29 is 4.79 Å². The van der Waals surface area contributed by atoms with Gasteiger partial charge in [0, 0.05) is 28.5 Å². The Kier molecular flexibility index (Phi) is 8.87. The number of carbonyl (C=O) groups excluding carboxylic acids is 1. The molecule has 0 spiro atoms. The number of halogens is 4. The second kappa shape index (κ2) is 11.2. The second-order valence-corrected chi connectivity index (χ2v) is 9.68. The average Bonchev–Trinajstić information content (AvgIpc) is 3.14. The van der Waals surface area contributed by atoms with E-state index in [1.165, 1.54) is 6.42 Å². The monoisotopic (exact) mass is 558 g/mol. The van der Waals surface area contributed by atoms with Crippen LogP contribution in [0.1, 0.15) is 44.2 Å². The Labute approximate surface area is 213 Å². The SMILES string of the molecule is CCC1C(C(=O)NN2CCCCC2)=NN(c2ccc(Cl)cc2Cl)C1c1ccc(Br)cc1.Cl.